The molecule has 1 aliphatic rings. The third-order valence-corrected chi connectivity index (χ3v) is 6.93. The number of hydrogen-bond acceptors (Lipinski definition) is 6. The lowest BCUT2D eigenvalue weighted by atomic mass is 9.70. The van der Waals surface area contributed by atoms with Crippen molar-refractivity contribution in [2.75, 3.05) is 10.3 Å². The van der Waals surface area contributed by atoms with Crippen LogP contribution in [0.5, 0.6) is 0 Å². The Morgan fingerprint density at radius 2 is 1.68 bits per heavy atom. The molecule has 0 aromatic heterocycles. The fourth-order valence-corrected chi connectivity index (χ4v) is 5.10. The molecule has 4 rings (SSSR count). The van der Waals surface area contributed by atoms with Crippen LogP contribution >= 0.6 is 0 Å². The summed E-state index contributed by atoms with van der Waals surface area (Å²) in [6.07, 6.45) is -0.189. The number of amides is 3. The van der Waals surface area contributed by atoms with Crippen molar-refractivity contribution in [1.82, 2.24) is 10.4 Å². The van der Waals surface area contributed by atoms with E-state index in [9.17, 15) is 19.4 Å². The fourth-order valence-electron chi connectivity index (χ4n) is 5.10. The quantitative estimate of drug-likeness (QED) is 0.322. The first-order valence-corrected chi connectivity index (χ1v) is 13.3. The van der Waals surface area contributed by atoms with Gasteiger partial charge in [-0.15, -0.1) is 0 Å². The molecular formula is C30H35BN4O5. The molecule has 0 saturated heterocycles. The summed E-state index contributed by atoms with van der Waals surface area (Å²) in [5, 5.41) is 12.5. The van der Waals surface area contributed by atoms with E-state index < -0.39 is 19.1 Å². The highest BCUT2D eigenvalue weighted by molar-refractivity contribution is 6.75. The maximum atomic E-state index is 13.8. The van der Waals surface area contributed by atoms with Gasteiger partial charge in [-0.25, -0.2) is 15.3 Å². The Morgan fingerprint density at radius 3 is 2.27 bits per heavy atom. The van der Waals surface area contributed by atoms with Crippen molar-refractivity contribution in [3.05, 3.63) is 89.0 Å². The minimum absolute atomic E-state index is 0.213. The van der Waals surface area contributed by atoms with Crippen molar-refractivity contribution < 1.29 is 24.2 Å². The molecule has 0 saturated carbocycles. The van der Waals surface area contributed by atoms with E-state index in [1.807, 2.05) is 59.7 Å². The summed E-state index contributed by atoms with van der Waals surface area (Å²) in [5.41, 5.74) is 8.72. The van der Waals surface area contributed by atoms with Gasteiger partial charge < -0.3 is 9.86 Å². The van der Waals surface area contributed by atoms with Crippen molar-refractivity contribution in [1.29, 1.82) is 0 Å². The Bertz CT molecular complexity index is 1400. The van der Waals surface area contributed by atoms with Crippen LogP contribution in [0.15, 0.2) is 66.7 Å². The van der Waals surface area contributed by atoms with Gasteiger partial charge in [0, 0.05) is 22.3 Å². The molecular weight excluding hydrogens is 507 g/mol. The molecule has 3 aromatic carbocycles. The molecule has 3 amide bonds. The number of carbonyl (C=O) groups excluding carboxylic acids is 3. The van der Waals surface area contributed by atoms with Crippen LogP contribution < -0.4 is 21.2 Å². The topological polar surface area (TPSA) is 111 Å². The Hall–Kier alpha value is -4.31. The minimum atomic E-state index is -1.36. The molecule has 1 aliphatic heterocycles. The number of carbonyl (C=O) groups is 3. The van der Waals surface area contributed by atoms with Crippen LogP contribution in [0.3, 0.4) is 0 Å². The Labute approximate surface area is 235 Å². The Morgan fingerprint density at radius 1 is 1.02 bits per heavy atom. The van der Waals surface area contributed by atoms with Gasteiger partial charge in [0.25, 0.3) is 11.8 Å². The van der Waals surface area contributed by atoms with Crippen molar-refractivity contribution in [3.63, 3.8) is 0 Å². The summed E-state index contributed by atoms with van der Waals surface area (Å²) in [4.78, 5) is 46.3. The lowest BCUT2D eigenvalue weighted by Crippen LogP contribution is -2.56. The number of fused-ring (bicyclic) bond motifs is 1. The van der Waals surface area contributed by atoms with E-state index in [2.05, 4.69) is 10.9 Å². The minimum Gasteiger partial charge on any atom is -0.428 e. The maximum absolute atomic E-state index is 13.8. The second-order valence-corrected chi connectivity index (χ2v) is 11.1. The fraction of sp³-hybridized carbons (Fsp3) is 0.300. The van der Waals surface area contributed by atoms with Gasteiger partial charge in [-0.3, -0.25) is 19.8 Å². The van der Waals surface area contributed by atoms with Gasteiger partial charge in [0.1, 0.15) is 0 Å². The smallest absolute Gasteiger partial charge is 0.428 e. The van der Waals surface area contributed by atoms with Crippen LogP contribution in [-0.4, -0.2) is 41.0 Å². The maximum Gasteiger partial charge on any atom is 0.461 e. The van der Waals surface area contributed by atoms with E-state index in [1.165, 1.54) is 17.1 Å². The summed E-state index contributed by atoms with van der Waals surface area (Å²) in [6, 6.07) is 18.5. The van der Waals surface area contributed by atoms with E-state index in [1.54, 1.807) is 36.4 Å². The van der Waals surface area contributed by atoms with Gasteiger partial charge in [0.2, 0.25) is 0 Å². The average molecular weight is 542 g/mol. The molecule has 1 atom stereocenters. The van der Waals surface area contributed by atoms with Crippen LogP contribution in [0.25, 0.3) is 0 Å². The zero-order chi connectivity index (χ0) is 29.2. The summed E-state index contributed by atoms with van der Waals surface area (Å²) < 4.78 is 0. The summed E-state index contributed by atoms with van der Waals surface area (Å²) >= 11 is 0. The lowest BCUT2D eigenvalue weighted by Gasteiger charge is -2.39. The highest BCUT2D eigenvalue weighted by atomic mass is 16.7. The second-order valence-electron chi connectivity index (χ2n) is 11.1. The zero-order valence-corrected chi connectivity index (χ0v) is 23.7. The molecule has 3 N–H and O–H groups in total. The van der Waals surface area contributed by atoms with Crippen LogP contribution in [0.4, 0.5) is 16.2 Å². The highest BCUT2D eigenvalue weighted by Gasteiger charge is 2.38. The predicted molar refractivity (Wildman–Crippen MR) is 156 cm³/mol. The van der Waals surface area contributed by atoms with Crippen molar-refractivity contribution in [2.24, 2.45) is 5.41 Å². The molecule has 9 nitrogen and oxygen atoms in total. The molecule has 1 heterocycles. The van der Waals surface area contributed by atoms with Gasteiger partial charge in [-0.1, -0.05) is 69.2 Å². The summed E-state index contributed by atoms with van der Waals surface area (Å²) in [5.74, 6) is -0.826. The molecule has 208 valence electrons. The number of anilines is 2. The molecule has 3 aromatic rings. The normalized spacial score (nSPS) is 13.9. The van der Waals surface area contributed by atoms with Crippen LogP contribution in [-0.2, 0) is 4.84 Å². The number of benzene rings is 3. The number of nitrogens with zero attached hydrogens (tertiary/aromatic N) is 2. The van der Waals surface area contributed by atoms with Gasteiger partial charge in [-0.2, -0.15) is 0 Å². The van der Waals surface area contributed by atoms with Crippen molar-refractivity contribution in [2.45, 2.75) is 54.0 Å². The van der Waals surface area contributed by atoms with Gasteiger partial charge >= 0.3 is 13.1 Å². The van der Waals surface area contributed by atoms with Crippen LogP contribution in [0, 0.1) is 19.3 Å². The molecule has 0 fully saturated rings. The number of hydrogen-bond donors (Lipinski definition) is 3. The number of aryl methyl sites for hydroxylation is 2. The third kappa shape index (κ3) is 5.97. The lowest BCUT2D eigenvalue weighted by molar-refractivity contribution is 0.0285. The number of hydrazine groups is 1. The van der Waals surface area contributed by atoms with E-state index in [0.717, 1.165) is 15.9 Å². The van der Waals surface area contributed by atoms with E-state index in [0.29, 0.717) is 23.1 Å². The third-order valence-electron chi connectivity index (χ3n) is 6.93. The Balaban J connectivity index is 1.66. The number of nitrogens with one attached hydrogen (secondary N) is 2. The standard InChI is InChI=1S/C30H35BN4O5/c1-7-26(30(4,5)6)35(28(37)22-16-19(2)15-20(3)17-22)32-27(36)21-13-14-24-25(18-21)33-40-29(38)34(31(24)39)23-11-9-8-10-12-23/h8-18,26,33,39H,7H2,1-6H3,(H,32,36). The zero-order valence-electron chi connectivity index (χ0n) is 23.7. The molecule has 0 aliphatic carbocycles. The molecule has 0 bridgehead atoms. The van der Waals surface area contributed by atoms with E-state index in [-0.39, 0.29) is 28.6 Å². The number of rotatable bonds is 5. The first-order chi connectivity index (χ1) is 18.9. The van der Waals surface area contributed by atoms with Crippen LogP contribution in [0.1, 0.15) is 66.0 Å². The Kier molecular flexibility index (Phi) is 8.20. The van der Waals surface area contributed by atoms with Gasteiger partial charge in [-0.05, 0) is 62.1 Å². The van der Waals surface area contributed by atoms with Crippen molar-refractivity contribution >= 4 is 41.8 Å². The second kappa shape index (κ2) is 11.4. The van der Waals surface area contributed by atoms with Crippen molar-refractivity contribution in [3.8, 4) is 0 Å². The van der Waals surface area contributed by atoms with Gasteiger partial charge in [0.05, 0.1) is 11.7 Å². The van der Waals surface area contributed by atoms with Gasteiger partial charge in [0.15, 0.2) is 0 Å². The molecule has 10 heteroatoms. The highest BCUT2D eigenvalue weighted by Crippen LogP contribution is 2.28. The SMILES string of the molecule is CCC(N(NC(=O)c1ccc2c(c1)NOC(=O)N(c1ccccc1)B2O)C(=O)c1cc(C)cc(C)c1)C(C)(C)C. The molecule has 0 spiro atoms. The predicted octanol–water partition coefficient (Wildman–Crippen LogP) is 4.59. The number of para-hydroxylation sites is 1. The van der Waals surface area contributed by atoms with Crippen LogP contribution in [0.2, 0.25) is 0 Å². The molecule has 1 unspecified atom stereocenters. The monoisotopic (exact) mass is 542 g/mol. The largest absolute Gasteiger partial charge is 0.461 e. The molecule has 40 heavy (non-hydrogen) atoms. The first kappa shape index (κ1) is 28.7. The summed E-state index contributed by atoms with van der Waals surface area (Å²) in [6.45, 7) is 11.9. The first-order valence-electron chi connectivity index (χ1n) is 13.3. The summed E-state index contributed by atoms with van der Waals surface area (Å²) in [7, 11) is -1.36. The average Bonchev–Trinajstić information content (AvgIpc) is 3.02. The molecule has 0 radical (unpaired) electrons. The van der Waals surface area contributed by atoms with E-state index >= 15 is 0 Å². The van der Waals surface area contributed by atoms with E-state index in [4.69, 9.17) is 4.84 Å².